The van der Waals surface area contributed by atoms with Crippen molar-refractivity contribution >= 4 is 11.9 Å². The molecule has 0 spiro atoms. The maximum atomic E-state index is 12.7. The van der Waals surface area contributed by atoms with E-state index >= 15 is 0 Å². The topological polar surface area (TPSA) is 89.5 Å². The van der Waals surface area contributed by atoms with Crippen LogP contribution in [0.1, 0.15) is 24.0 Å². The maximum Gasteiger partial charge on any atom is 0.339 e. The molecular weight excluding hydrogens is 392 g/mol. The summed E-state index contributed by atoms with van der Waals surface area (Å²) in [6.45, 7) is 1.37. The number of fused-ring (bicyclic) bond motifs is 1. The van der Waals surface area contributed by atoms with Gasteiger partial charge in [-0.25, -0.2) is 4.79 Å². The van der Waals surface area contributed by atoms with Crippen LogP contribution in [0.5, 0.6) is 23.0 Å². The van der Waals surface area contributed by atoms with Crippen LogP contribution in [0.4, 0.5) is 0 Å². The molecule has 156 valence electrons. The summed E-state index contributed by atoms with van der Waals surface area (Å²) in [6.07, 6.45) is 0. The Kier molecular flexibility index (Phi) is 5.22. The highest BCUT2D eigenvalue weighted by molar-refractivity contribution is 5.94. The summed E-state index contributed by atoms with van der Waals surface area (Å²) in [7, 11) is 3.02. The molecule has 8 heteroatoms. The van der Waals surface area contributed by atoms with Crippen molar-refractivity contribution in [2.24, 2.45) is 0 Å². The predicted octanol–water partition coefficient (Wildman–Crippen LogP) is 2.94. The fourth-order valence-corrected chi connectivity index (χ4v) is 3.64. The summed E-state index contributed by atoms with van der Waals surface area (Å²) < 4.78 is 32.7. The quantitative estimate of drug-likeness (QED) is 0.529. The van der Waals surface area contributed by atoms with Gasteiger partial charge in [0, 0.05) is 24.1 Å². The Morgan fingerprint density at radius 3 is 2.40 bits per heavy atom. The summed E-state index contributed by atoms with van der Waals surface area (Å²) >= 11 is 0. The molecule has 0 amide bonds. The molecule has 1 unspecified atom stereocenters. The third kappa shape index (κ3) is 3.41. The first-order chi connectivity index (χ1) is 14.5. The van der Waals surface area contributed by atoms with Gasteiger partial charge in [-0.2, -0.15) is 0 Å². The van der Waals surface area contributed by atoms with Crippen molar-refractivity contribution in [1.82, 2.24) is 0 Å². The van der Waals surface area contributed by atoms with E-state index in [1.807, 2.05) is 18.2 Å². The molecule has 2 aliphatic heterocycles. The molecule has 1 atom stereocenters. The van der Waals surface area contributed by atoms with Crippen LogP contribution in [0.3, 0.4) is 0 Å². The monoisotopic (exact) mass is 412 g/mol. The molecular formula is C22H20O8. The second-order valence-corrected chi connectivity index (χ2v) is 6.63. The van der Waals surface area contributed by atoms with Gasteiger partial charge in [-0.3, -0.25) is 4.79 Å². The number of ether oxygens (including phenoxy) is 6. The predicted molar refractivity (Wildman–Crippen MR) is 104 cm³/mol. The Hall–Kier alpha value is -3.68. The molecule has 2 aromatic carbocycles. The summed E-state index contributed by atoms with van der Waals surface area (Å²) in [5.41, 5.74) is 1.49. The molecule has 0 N–H and O–H groups in total. The molecule has 0 bridgehead atoms. The molecule has 4 rings (SSSR count). The summed E-state index contributed by atoms with van der Waals surface area (Å²) in [5.74, 6) is 0.382. The number of para-hydroxylation sites is 1. The lowest BCUT2D eigenvalue weighted by Crippen LogP contribution is -2.15. The number of hydrogen-bond donors (Lipinski definition) is 0. The van der Waals surface area contributed by atoms with Crippen molar-refractivity contribution in [1.29, 1.82) is 0 Å². The van der Waals surface area contributed by atoms with Gasteiger partial charge in [-0.15, -0.1) is 0 Å². The van der Waals surface area contributed by atoms with E-state index in [9.17, 15) is 9.59 Å². The summed E-state index contributed by atoms with van der Waals surface area (Å²) in [4.78, 5) is 24.5. The number of benzene rings is 2. The minimum atomic E-state index is -0.699. The van der Waals surface area contributed by atoms with Crippen LogP contribution < -0.4 is 18.9 Å². The van der Waals surface area contributed by atoms with Gasteiger partial charge < -0.3 is 28.4 Å². The van der Waals surface area contributed by atoms with Gasteiger partial charge in [0.1, 0.15) is 23.9 Å². The average Bonchev–Trinajstić information content (AvgIpc) is 3.34. The fraction of sp³-hybridized carbons (Fsp3) is 0.273. The molecule has 2 heterocycles. The molecule has 30 heavy (non-hydrogen) atoms. The van der Waals surface area contributed by atoms with Gasteiger partial charge in [-0.1, -0.05) is 18.2 Å². The van der Waals surface area contributed by atoms with Crippen LogP contribution in [-0.4, -0.2) is 39.6 Å². The second kappa shape index (κ2) is 7.98. The first-order valence-electron chi connectivity index (χ1n) is 9.22. The van der Waals surface area contributed by atoms with Crippen molar-refractivity contribution < 1.29 is 38.0 Å². The van der Waals surface area contributed by atoms with Crippen molar-refractivity contribution in [3.8, 4) is 23.0 Å². The molecule has 0 aromatic heterocycles. The fourth-order valence-electron chi connectivity index (χ4n) is 3.64. The van der Waals surface area contributed by atoms with Gasteiger partial charge in [0.25, 0.3) is 0 Å². The Morgan fingerprint density at radius 2 is 1.70 bits per heavy atom. The standard InChI is InChI=1S/C22H20O8/c1-12(23)30-16-9-18-17(28-11-29-18)8-14(16)20(13-6-4-5-7-15(13)25-2)21-19(26-3)10-27-22(21)24/h4-9,20H,10-11H2,1-3H3. The molecule has 0 saturated heterocycles. The highest BCUT2D eigenvalue weighted by Gasteiger charge is 2.38. The van der Waals surface area contributed by atoms with E-state index < -0.39 is 17.9 Å². The zero-order chi connectivity index (χ0) is 21.3. The smallest absolute Gasteiger partial charge is 0.339 e. The summed E-state index contributed by atoms with van der Waals surface area (Å²) in [5, 5.41) is 0. The van der Waals surface area contributed by atoms with E-state index in [0.29, 0.717) is 39.7 Å². The van der Waals surface area contributed by atoms with E-state index in [1.54, 1.807) is 25.3 Å². The molecule has 0 radical (unpaired) electrons. The third-order valence-corrected chi connectivity index (χ3v) is 4.91. The van der Waals surface area contributed by atoms with E-state index in [-0.39, 0.29) is 19.1 Å². The Bertz CT molecular complexity index is 1040. The number of cyclic esters (lactones) is 1. The van der Waals surface area contributed by atoms with Crippen LogP contribution >= 0.6 is 0 Å². The van der Waals surface area contributed by atoms with E-state index in [4.69, 9.17) is 28.4 Å². The maximum absolute atomic E-state index is 12.7. The number of rotatable bonds is 6. The molecule has 2 aromatic rings. The van der Waals surface area contributed by atoms with Gasteiger partial charge in [0.15, 0.2) is 11.5 Å². The van der Waals surface area contributed by atoms with Gasteiger partial charge >= 0.3 is 11.9 Å². The average molecular weight is 412 g/mol. The van der Waals surface area contributed by atoms with Crippen LogP contribution in [0.25, 0.3) is 0 Å². The van der Waals surface area contributed by atoms with Crippen molar-refractivity contribution in [2.75, 3.05) is 27.6 Å². The van der Waals surface area contributed by atoms with E-state index in [2.05, 4.69) is 0 Å². The van der Waals surface area contributed by atoms with E-state index in [1.165, 1.54) is 14.0 Å². The number of esters is 2. The number of carbonyl (C=O) groups excluding carboxylic acids is 2. The molecule has 0 fully saturated rings. The van der Waals surface area contributed by atoms with Crippen molar-refractivity contribution in [2.45, 2.75) is 12.8 Å². The van der Waals surface area contributed by atoms with Gasteiger partial charge in [-0.05, 0) is 12.1 Å². The van der Waals surface area contributed by atoms with Gasteiger partial charge in [0.05, 0.1) is 25.7 Å². The number of hydrogen-bond acceptors (Lipinski definition) is 8. The molecule has 8 nitrogen and oxygen atoms in total. The van der Waals surface area contributed by atoms with Crippen molar-refractivity contribution in [3.05, 3.63) is 58.9 Å². The number of methoxy groups -OCH3 is 2. The lowest BCUT2D eigenvalue weighted by atomic mass is 9.83. The van der Waals surface area contributed by atoms with Crippen LogP contribution in [0, 0.1) is 0 Å². The van der Waals surface area contributed by atoms with Gasteiger partial charge in [0.2, 0.25) is 6.79 Å². The zero-order valence-corrected chi connectivity index (χ0v) is 16.7. The normalized spacial score (nSPS) is 15.6. The Morgan fingerprint density at radius 1 is 0.967 bits per heavy atom. The first kappa shape index (κ1) is 19.6. The lowest BCUT2D eigenvalue weighted by molar-refractivity contribution is -0.136. The largest absolute Gasteiger partial charge is 0.497 e. The Balaban J connectivity index is 2.00. The van der Waals surface area contributed by atoms with Crippen LogP contribution in [0.2, 0.25) is 0 Å². The van der Waals surface area contributed by atoms with Crippen LogP contribution in [-0.2, 0) is 19.1 Å². The molecule has 2 aliphatic rings. The van der Waals surface area contributed by atoms with E-state index in [0.717, 1.165) is 0 Å². The van der Waals surface area contributed by atoms with Crippen molar-refractivity contribution in [3.63, 3.8) is 0 Å². The lowest BCUT2D eigenvalue weighted by Gasteiger charge is -2.23. The third-order valence-electron chi connectivity index (χ3n) is 4.91. The Labute approximate surface area is 172 Å². The SMILES string of the molecule is COC1=C(C(c2ccccc2OC)c2cc3c(cc2OC(C)=O)OCO3)C(=O)OC1. The first-order valence-corrected chi connectivity index (χ1v) is 9.22. The molecule has 0 saturated carbocycles. The van der Waals surface area contributed by atoms with Crippen LogP contribution in [0.15, 0.2) is 47.7 Å². The highest BCUT2D eigenvalue weighted by atomic mass is 16.7. The summed E-state index contributed by atoms with van der Waals surface area (Å²) in [6, 6.07) is 10.5. The second-order valence-electron chi connectivity index (χ2n) is 6.63. The molecule has 0 aliphatic carbocycles. The minimum Gasteiger partial charge on any atom is -0.497 e. The minimum absolute atomic E-state index is 0.0176. The number of carbonyl (C=O) groups is 2. The zero-order valence-electron chi connectivity index (χ0n) is 16.7. The highest BCUT2D eigenvalue weighted by Crippen LogP contribution is 2.48.